The normalized spacial score (nSPS) is 15.9. The summed E-state index contributed by atoms with van der Waals surface area (Å²) in [6, 6.07) is 10.5. The van der Waals surface area contributed by atoms with E-state index in [4.69, 9.17) is 19.2 Å². The minimum Gasteiger partial charge on any atom is -0.478 e. The van der Waals surface area contributed by atoms with Crippen LogP contribution in [0, 0.1) is 0 Å². The molecule has 9 heteroatoms. The molecule has 35 heavy (non-hydrogen) atoms. The molecule has 184 valence electrons. The Morgan fingerprint density at radius 3 is 2.74 bits per heavy atom. The molecular formula is C26H29N3O5S. The summed E-state index contributed by atoms with van der Waals surface area (Å²) in [7, 11) is 0. The van der Waals surface area contributed by atoms with Gasteiger partial charge in [-0.15, -0.1) is 11.3 Å². The van der Waals surface area contributed by atoms with E-state index in [9.17, 15) is 9.59 Å². The zero-order valence-electron chi connectivity index (χ0n) is 20.1. The van der Waals surface area contributed by atoms with Crippen LogP contribution in [0.4, 0.5) is 5.69 Å². The van der Waals surface area contributed by atoms with E-state index in [1.807, 2.05) is 62.5 Å². The lowest BCUT2D eigenvalue weighted by molar-refractivity contribution is -0.148. The third-order valence-corrected chi connectivity index (χ3v) is 6.57. The number of nitrogens with zero attached hydrogens (tertiary/aromatic N) is 3. The third-order valence-electron chi connectivity index (χ3n) is 5.70. The molecule has 2 aromatic heterocycles. The number of ether oxygens (including phenoxy) is 3. The number of fused-ring (bicyclic) bond motifs is 1. The van der Waals surface area contributed by atoms with Crippen LogP contribution in [0.3, 0.4) is 0 Å². The van der Waals surface area contributed by atoms with Crippen LogP contribution in [0.15, 0.2) is 48.0 Å². The molecule has 1 aliphatic rings. The number of hydrogen-bond acceptors (Lipinski definition) is 8. The quantitative estimate of drug-likeness (QED) is 0.296. The number of rotatable bonds is 10. The van der Waals surface area contributed by atoms with Crippen LogP contribution >= 0.6 is 11.3 Å². The van der Waals surface area contributed by atoms with Crippen LogP contribution in [0.5, 0.6) is 5.75 Å². The Labute approximate surface area is 208 Å². The summed E-state index contributed by atoms with van der Waals surface area (Å²) >= 11 is 1.50. The molecule has 8 nitrogen and oxygen atoms in total. The second-order valence-corrected chi connectivity index (χ2v) is 8.80. The van der Waals surface area contributed by atoms with Crippen LogP contribution in [0.2, 0.25) is 0 Å². The van der Waals surface area contributed by atoms with Gasteiger partial charge in [-0.2, -0.15) is 0 Å². The SMILES string of the molecule is CCOCCOC(=O)C(CC)N1C(=O)C(CC)Oc2ccc(-c3csc(-c4ccccn4)n3)cc21. The summed E-state index contributed by atoms with van der Waals surface area (Å²) < 4.78 is 16.7. The number of thiazole rings is 1. The van der Waals surface area contributed by atoms with Crippen molar-refractivity contribution < 1.29 is 23.8 Å². The third kappa shape index (κ3) is 5.36. The van der Waals surface area contributed by atoms with Crippen molar-refractivity contribution in [2.24, 2.45) is 0 Å². The highest BCUT2D eigenvalue weighted by molar-refractivity contribution is 7.13. The number of benzene rings is 1. The van der Waals surface area contributed by atoms with E-state index in [1.54, 1.807) is 6.20 Å². The molecule has 0 spiro atoms. The monoisotopic (exact) mass is 495 g/mol. The van der Waals surface area contributed by atoms with Gasteiger partial charge in [0.25, 0.3) is 5.91 Å². The molecule has 2 unspecified atom stereocenters. The maximum atomic E-state index is 13.4. The van der Waals surface area contributed by atoms with Crippen molar-refractivity contribution in [3.8, 4) is 27.7 Å². The Kier molecular flexibility index (Phi) is 8.09. The van der Waals surface area contributed by atoms with Gasteiger partial charge in [0, 0.05) is 23.7 Å². The summed E-state index contributed by atoms with van der Waals surface area (Å²) in [4.78, 5) is 37.0. The van der Waals surface area contributed by atoms with Crippen LogP contribution in [-0.4, -0.2) is 53.8 Å². The van der Waals surface area contributed by atoms with Gasteiger partial charge < -0.3 is 14.2 Å². The lowest BCUT2D eigenvalue weighted by Gasteiger charge is -2.37. The number of amides is 1. The van der Waals surface area contributed by atoms with E-state index in [0.717, 1.165) is 22.0 Å². The zero-order chi connectivity index (χ0) is 24.8. The van der Waals surface area contributed by atoms with Crippen LogP contribution in [0.1, 0.15) is 33.6 Å². The first-order valence-corrected chi connectivity index (χ1v) is 12.7. The van der Waals surface area contributed by atoms with Gasteiger partial charge in [-0.3, -0.25) is 14.7 Å². The maximum Gasteiger partial charge on any atom is 0.329 e. The summed E-state index contributed by atoms with van der Waals surface area (Å²) in [5, 5.41) is 2.76. The fourth-order valence-corrected chi connectivity index (χ4v) is 4.74. The molecule has 1 aromatic carbocycles. The lowest BCUT2D eigenvalue weighted by Crippen LogP contribution is -2.53. The second-order valence-electron chi connectivity index (χ2n) is 7.95. The van der Waals surface area contributed by atoms with Crippen molar-refractivity contribution in [1.29, 1.82) is 0 Å². The molecule has 0 N–H and O–H groups in total. The average molecular weight is 496 g/mol. The smallest absolute Gasteiger partial charge is 0.329 e. The molecule has 0 saturated heterocycles. The van der Waals surface area contributed by atoms with Crippen molar-refractivity contribution in [2.45, 2.75) is 45.8 Å². The highest BCUT2D eigenvalue weighted by Crippen LogP contribution is 2.40. The number of esters is 1. The Bertz CT molecular complexity index is 1170. The van der Waals surface area contributed by atoms with E-state index in [2.05, 4.69) is 4.98 Å². The van der Waals surface area contributed by atoms with Gasteiger partial charge in [-0.25, -0.2) is 9.78 Å². The molecule has 0 radical (unpaired) electrons. The van der Waals surface area contributed by atoms with Gasteiger partial charge in [-0.05, 0) is 50.1 Å². The van der Waals surface area contributed by atoms with Crippen molar-refractivity contribution in [3.05, 3.63) is 48.0 Å². The molecule has 1 aliphatic heterocycles. The van der Waals surface area contributed by atoms with Crippen LogP contribution < -0.4 is 9.64 Å². The van der Waals surface area contributed by atoms with Crippen molar-refractivity contribution in [2.75, 3.05) is 24.7 Å². The molecular weight excluding hydrogens is 466 g/mol. The number of carbonyl (C=O) groups excluding carboxylic acids is 2. The van der Waals surface area contributed by atoms with Gasteiger partial charge in [0.05, 0.1) is 23.7 Å². The summed E-state index contributed by atoms with van der Waals surface area (Å²) in [5.41, 5.74) is 2.92. The average Bonchev–Trinajstić information content (AvgIpc) is 3.39. The van der Waals surface area contributed by atoms with Gasteiger partial charge >= 0.3 is 5.97 Å². The molecule has 0 saturated carbocycles. The van der Waals surface area contributed by atoms with Crippen LogP contribution in [-0.2, 0) is 19.1 Å². The topological polar surface area (TPSA) is 90.9 Å². The summed E-state index contributed by atoms with van der Waals surface area (Å²) in [5.74, 6) is -0.154. The van der Waals surface area contributed by atoms with Crippen molar-refractivity contribution >= 4 is 28.9 Å². The minimum absolute atomic E-state index is 0.140. The maximum absolute atomic E-state index is 13.4. The first-order valence-electron chi connectivity index (χ1n) is 11.8. The van der Waals surface area contributed by atoms with Crippen LogP contribution in [0.25, 0.3) is 22.0 Å². The number of pyridine rings is 1. The first-order chi connectivity index (χ1) is 17.1. The zero-order valence-corrected chi connectivity index (χ0v) is 20.9. The Morgan fingerprint density at radius 1 is 1.17 bits per heavy atom. The standard InChI is InChI=1S/C26H29N3O5S/c1-4-20(26(31)33-14-13-32-6-3)29-21-15-17(10-11-23(21)34-22(5-2)25(29)30)19-16-35-24(28-19)18-9-7-8-12-27-18/h7-12,15-16,20,22H,4-6,13-14H2,1-3H3. The van der Waals surface area contributed by atoms with Gasteiger partial charge in [-0.1, -0.05) is 19.9 Å². The molecule has 4 rings (SSSR count). The lowest BCUT2D eigenvalue weighted by atomic mass is 10.0. The van der Waals surface area contributed by atoms with E-state index in [0.29, 0.717) is 37.5 Å². The van der Waals surface area contributed by atoms with Gasteiger partial charge in [0.15, 0.2) is 6.10 Å². The predicted molar refractivity (Wildman–Crippen MR) is 135 cm³/mol. The van der Waals surface area contributed by atoms with Crippen molar-refractivity contribution in [1.82, 2.24) is 9.97 Å². The largest absolute Gasteiger partial charge is 0.478 e. The van der Waals surface area contributed by atoms with Crippen molar-refractivity contribution in [3.63, 3.8) is 0 Å². The predicted octanol–water partition coefficient (Wildman–Crippen LogP) is 4.73. The summed E-state index contributed by atoms with van der Waals surface area (Å²) in [6.07, 6.45) is 1.97. The van der Waals surface area contributed by atoms with E-state index in [1.165, 1.54) is 16.2 Å². The first kappa shape index (κ1) is 24.8. The molecule has 2 atom stereocenters. The fraction of sp³-hybridized carbons (Fsp3) is 0.385. The molecule has 0 bridgehead atoms. The fourth-order valence-electron chi connectivity index (χ4n) is 3.93. The van der Waals surface area contributed by atoms with Gasteiger partial charge in [0.1, 0.15) is 23.4 Å². The number of aromatic nitrogens is 2. The van der Waals surface area contributed by atoms with E-state index in [-0.39, 0.29) is 12.5 Å². The minimum atomic E-state index is -0.768. The number of anilines is 1. The summed E-state index contributed by atoms with van der Waals surface area (Å²) in [6.45, 7) is 6.63. The molecule has 1 amide bonds. The number of carbonyl (C=O) groups is 2. The second kappa shape index (κ2) is 11.4. The molecule has 0 aliphatic carbocycles. The highest BCUT2D eigenvalue weighted by atomic mass is 32.1. The van der Waals surface area contributed by atoms with E-state index < -0.39 is 18.1 Å². The molecule has 3 heterocycles. The Balaban J connectivity index is 1.66. The van der Waals surface area contributed by atoms with E-state index >= 15 is 0 Å². The van der Waals surface area contributed by atoms with Gasteiger partial charge in [0.2, 0.25) is 0 Å². The molecule has 0 fully saturated rings. The highest BCUT2D eigenvalue weighted by Gasteiger charge is 2.40. The number of hydrogen-bond donors (Lipinski definition) is 0. The Morgan fingerprint density at radius 2 is 2.03 bits per heavy atom. The molecule has 3 aromatic rings. The Hall–Kier alpha value is -3.30.